The van der Waals surface area contributed by atoms with Crippen LogP contribution in [0.3, 0.4) is 0 Å². The Morgan fingerprint density at radius 3 is 2.46 bits per heavy atom. The van der Waals surface area contributed by atoms with Crippen LogP contribution in [0.4, 0.5) is 8.78 Å². The maximum Gasteiger partial charge on any atom is 0.254 e. The van der Waals surface area contributed by atoms with Crippen molar-refractivity contribution in [1.29, 1.82) is 5.41 Å². The lowest BCUT2D eigenvalue weighted by atomic mass is 10.1. The Morgan fingerprint density at radius 2 is 1.93 bits per heavy atom. The van der Waals surface area contributed by atoms with Gasteiger partial charge in [-0.25, -0.2) is 8.78 Å². The van der Waals surface area contributed by atoms with E-state index in [1.54, 1.807) is 25.1 Å². The van der Waals surface area contributed by atoms with Crippen LogP contribution in [0.2, 0.25) is 0 Å². The summed E-state index contributed by atoms with van der Waals surface area (Å²) in [6.07, 6.45) is -1.44. The minimum absolute atomic E-state index is 0.0313. The molecule has 0 heterocycles. The molecule has 0 saturated heterocycles. The highest BCUT2D eigenvalue weighted by Gasteiger charge is 2.28. The summed E-state index contributed by atoms with van der Waals surface area (Å²) < 4.78 is 39.3. The van der Waals surface area contributed by atoms with Gasteiger partial charge in [0.15, 0.2) is 6.10 Å². The van der Waals surface area contributed by atoms with Crippen LogP contribution in [0.1, 0.15) is 29.7 Å². The lowest BCUT2D eigenvalue weighted by molar-refractivity contribution is -0.133. The first kappa shape index (κ1) is 21.8. The van der Waals surface area contributed by atoms with E-state index in [4.69, 9.17) is 20.6 Å². The van der Waals surface area contributed by atoms with Gasteiger partial charge in [0.05, 0.1) is 12.7 Å². The summed E-state index contributed by atoms with van der Waals surface area (Å²) in [5.74, 6) is -2.17. The van der Waals surface area contributed by atoms with Crippen LogP contribution in [0.5, 0.6) is 5.75 Å². The molecule has 4 N–H and O–H groups in total. The average molecular weight is 456 g/mol. The number of benzene rings is 2. The lowest BCUT2D eigenvalue weighted by Gasteiger charge is -2.19. The summed E-state index contributed by atoms with van der Waals surface area (Å²) in [5.41, 5.74) is 6.07. The molecule has 28 heavy (non-hydrogen) atoms. The Balaban J connectivity index is 2.23. The van der Waals surface area contributed by atoms with Crippen LogP contribution >= 0.6 is 15.9 Å². The highest BCUT2D eigenvalue weighted by molar-refractivity contribution is 9.10. The molecule has 0 radical (unpaired) electrons. The molecular formula is C19H20BrF2N3O3. The predicted molar refractivity (Wildman–Crippen MR) is 104 cm³/mol. The van der Waals surface area contributed by atoms with Crippen LogP contribution in [0, 0.1) is 17.0 Å². The normalized spacial score (nSPS) is 11.8. The minimum Gasteiger partial charge on any atom is -0.496 e. The number of hydrogen-bond acceptors (Lipinski definition) is 4. The molecule has 9 heteroatoms. The van der Waals surface area contributed by atoms with Gasteiger partial charge in [-0.2, -0.15) is 0 Å². The Hall–Kier alpha value is -2.52. The molecule has 0 fully saturated rings. The average Bonchev–Trinajstić information content (AvgIpc) is 2.64. The van der Waals surface area contributed by atoms with Crippen molar-refractivity contribution in [3.63, 3.8) is 0 Å². The number of methoxy groups -OCH3 is 1. The molecule has 2 aromatic rings. The molecule has 0 bridgehead atoms. The van der Waals surface area contributed by atoms with Gasteiger partial charge in [0.2, 0.25) is 0 Å². The topological polar surface area (TPSA) is 97.4 Å². The summed E-state index contributed by atoms with van der Waals surface area (Å²) in [5, 5.41) is 10.1. The number of halogens is 3. The number of amides is 1. The van der Waals surface area contributed by atoms with E-state index in [-0.39, 0.29) is 23.5 Å². The van der Waals surface area contributed by atoms with E-state index in [9.17, 15) is 13.6 Å². The summed E-state index contributed by atoms with van der Waals surface area (Å²) in [7, 11) is 1.44. The Labute approximate surface area is 169 Å². The second-order valence-corrected chi connectivity index (χ2v) is 6.69. The number of amidine groups is 1. The van der Waals surface area contributed by atoms with Crippen molar-refractivity contribution >= 4 is 27.7 Å². The van der Waals surface area contributed by atoms with Crippen LogP contribution in [-0.4, -0.2) is 25.5 Å². The molecule has 0 aliphatic heterocycles. The van der Waals surface area contributed by atoms with Crippen LogP contribution < -0.4 is 15.8 Å². The molecule has 0 aromatic heterocycles. The van der Waals surface area contributed by atoms with Gasteiger partial charge in [-0.15, -0.1) is 0 Å². The molecule has 1 amide bonds. The molecule has 6 nitrogen and oxygen atoms in total. The monoisotopic (exact) mass is 455 g/mol. The Kier molecular flexibility index (Phi) is 7.47. The molecular weight excluding hydrogens is 436 g/mol. The smallest absolute Gasteiger partial charge is 0.254 e. The van der Waals surface area contributed by atoms with Crippen molar-refractivity contribution in [3.8, 4) is 5.75 Å². The number of nitrogen functional groups attached to an aromatic ring is 1. The molecule has 2 aromatic carbocycles. The summed E-state index contributed by atoms with van der Waals surface area (Å²) in [6, 6.07) is 6.97. The Bertz CT molecular complexity index is 870. The van der Waals surface area contributed by atoms with Gasteiger partial charge in [-0.05, 0) is 25.1 Å². The maximum atomic E-state index is 14.3. The molecule has 2 rings (SSSR count). The van der Waals surface area contributed by atoms with E-state index in [0.717, 1.165) is 12.1 Å². The zero-order valence-corrected chi connectivity index (χ0v) is 16.9. The lowest BCUT2D eigenvalue weighted by Crippen LogP contribution is -2.32. The number of hydrogen-bond donors (Lipinski definition) is 3. The van der Waals surface area contributed by atoms with E-state index < -0.39 is 29.2 Å². The summed E-state index contributed by atoms with van der Waals surface area (Å²) in [6.45, 7) is 1.74. The van der Waals surface area contributed by atoms with E-state index in [0.29, 0.717) is 16.9 Å². The van der Waals surface area contributed by atoms with Gasteiger partial charge in [-0.1, -0.05) is 28.1 Å². The van der Waals surface area contributed by atoms with Crippen molar-refractivity contribution in [3.05, 3.63) is 63.1 Å². The minimum atomic E-state index is -1.44. The predicted octanol–water partition coefficient (Wildman–Crippen LogP) is 3.41. The third-order valence-corrected chi connectivity index (χ3v) is 4.39. The van der Waals surface area contributed by atoms with E-state index in [2.05, 4.69) is 21.2 Å². The summed E-state index contributed by atoms with van der Waals surface area (Å²) in [4.78, 5) is 12.6. The van der Waals surface area contributed by atoms with E-state index >= 15 is 0 Å². The quantitative estimate of drug-likeness (QED) is 0.419. The van der Waals surface area contributed by atoms with Gasteiger partial charge in [0.1, 0.15) is 23.2 Å². The first-order valence-electron chi connectivity index (χ1n) is 8.33. The second kappa shape index (κ2) is 9.61. The summed E-state index contributed by atoms with van der Waals surface area (Å²) >= 11 is 3.01. The molecule has 150 valence electrons. The van der Waals surface area contributed by atoms with E-state index in [1.807, 2.05) is 0 Å². The molecule has 0 aliphatic rings. The van der Waals surface area contributed by atoms with Gasteiger partial charge >= 0.3 is 0 Å². The largest absolute Gasteiger partial charge is 0.496 e. The highest BCUT2D eigenvalue weighted by Crippen LogP contribution is 2.28. The van der Waals surface area contributed by atoms with E-state index in [1.165, 1.54) is 7.11 Å². The van der Waals surface area contributed by atoms with Gasteiger partial charge in [-0.3, -0.25) is 10.2 Å². The van der Waals surface area contributed by atoms with Gasteiger partial charge in [0.25, 0.3) is 5.91 Å². The number of carbonyl (C=O) groups is 1. The fourth-order valence-electron chi connectivity index (χ4n) is 2.59. The van der Waals surface area contributed by atoms with Crippen molar-refractivity contribution in [2.75, 3.05) is 13.7 Å². The SMILES string of the molecule is CCOC(C(=O)NCc1ccc(C(=N)N)cc1OC)c1c(F)cc(Br)cc1F. The fraction of sp³-hybridized carbons (Fsp3) is 0.263. The molecule has 1 atom stereocenters. The van der Waals surface area contributed by atoms with Crippen LogP contribution in [0.15, 0.2) is 34.8 Å². The molecule has 0 spiro atoms. The number of nitrogens with two attached hydrogens (primary N) is 1. The van der Waals surface area contributed by atoms with Crippen molar-refractivity contribution in [2.24, 2.45) is 5.73 Å². The fourth-order valence-corrected chi connectivity index (χ4v) is 3.00. The number of nitrogens with one attached hydrogen (secondary N) is 2. The number of rotatable bonds is 8. The molecule has 1 unspecified atom stereocenters. The first-order valence-corrected chi connectivity index (χ1v) is 9.12. The third kappa shape index (κ3) is 5.05. The van der Waals surface area contributed by atoms with Crippen molar-refractivity contribution in [1.82, 2.24) is 5.32 Å². The van der Waals surface area contributed by atoms with Crippen LogP contribution in [-0.2, 0) is 16.1 Å². The number of carbonyl (C=O) groups excluding carboxylic acids is 1. The first-order chi connectivity index (χ1) is 13.3. The Morgan fingerprint density at radius 1 is 1.29 bits per heavy atom. The zero-order chi connectivity index (χ0) is 20.8. The maximum absolute atomic E-state index is 14.3. The standard InChI is InChI=1S/C19H20BrF2N3O3/c1-3-28-17(16-13(21)7-12(20)8-14(16)22)19(26)25-9-11-5-4-10(18(23)24)6-15(11)27-2/h4-8,17H,3,9H2,1-2H3,(H3,23,24)(H,25,26). The molecule has 0 saturated carbocycles. The second-order valence-electron chi connectivity index (χ2n) is 5.78. The zero-order valence-electron chi connectivity index (χ0n) is 15.3. The van der Waals surface area contributed by atoms with Gasteiger partial charge in [0, 0.05) is 28.8 Å². The highest BCUT2D eigenvalue weighted by atomic mass is 79.9. The molecule has 0 aliphatic carbocycles. The van der Waals surface area contributed by atoms with Crippen LogP contribution in [0.25, 0.3) is 0 Å². The van der Waals surface area contributed by atoms with Gasteiger partial charge < -0.3 is 20.5 Å². The van der Waals surface area contributed by atoms with Crippen molar-refractivity contribution < 1.29 is 23.0 Å². The number of ether oxygens (including phenoxy) is 2. The van der Waals surface area contributed by atoms with Crippen molar-refractivity contribution in [2.45, 2.75) is 19.6 Å². The third-order valence-electron chi connectivity index (χ3n) is 3.93.